The number of fused-ring (bicyclic) bond motifs is 5. The minimum Gasteiger partial charge on any atom is -0.390 e. The van der Waals surface area contributed by atoms with Crippen molar-refractivity contribution in [1.82, 2.24) is 9.55 Å². The molecule has 4 aliphatic carbocycles. The molecule has 1 aromatic rings. The summed E-state index contributed by atoms with van der Waals surface area (Å²) in [4.78, 5) is 17.4. The third-order valence-corrected chi connectivity index (χ3v) is 11.5. The lowest BCUT2D eigenvalue weighted by Crippen LogP contribution is -2.56. The molecule has 4 aliphatic rings. The highest BCUT2D eigenvalue weighted by molar-refractivity contribution is 7.98. The molecule has 0 saturated heterocycles. The molecule has 0 radical (unpaired) electrons. The molecule has 1 heterocycles. The van der Waals surface area contributed by atoms with E-state index >= 15 is 0 Å². The molecule has 4 saturated carbocycles. The van der Waals surface area contributed by atoms with Gasteiger partial charge < -0.3 is 9.67 Å². The first kappa shape index (κ1) is 23.0. The minimum atomic E-state index is -0.429. The minimum absolute atomic E-state index is 0.176. The molecule has 0 amide bonds. The lowest BCUT2D eigenvalue weighted by Gasteiger charge is -2.62. The summed E-state index contributed by atoms with van der Waals surface area (Å²) in [6.45, 7) is 5.51. The number of imidazole rings is 1. The van der Waals surface area contributed by atoms with Gasteiger partial charge in [0.1, 0.15) is 0 Å². The molecule has 1 N–H and O–H groups in total. The maximum Gasteiger partial charge on any atom is 0.156 e. The second-order valence-electron chi connectivity index (χ2n) is 12.2. The fraction of sp³-hybridized carbons (Fsp3) is 0.852. The van der Waals surface area contributed by atoms with Crippen LogP contribution >= 0.6 is 11.8 Å². The second kappa shape index (κ2) is 8.45. The number of nitrogens with zero attached hydrogens (tertiary/aromatic N) is 2. The highest BCUT2D eigenvalue weighted by Gasteiger charge is 2.61. The van der Waals surface area contributed by atoms with Gasteiger partial charge >= 0.3 is 0 Å². The van der Waals surface area contributed by atoms with Gasteiger partial charge in [0.2, 0.25) is 0 Å². The first-order chi connectivity index (χ1) is 15.3. The maximum absolute atomic E-state index is 13.3. The fourth-order valence-electron chi connectivity index (χ4n) is 9.04. The molecule has 5 heteroatoms. The molecule has 0 aromatic carbocycles. The number of rotatable bonds is 6. The Hall–Kier alpha value is -0.810. The van der Waals surface area contributed by atoms with Crippen molar-refractivity contribution < 1.29 is 9.90 Å². The zero-order valence-electron chi connectivity index (χ0n) is 20.3. The molecule has 32 heavy (non-hydrogen) atoms. The van der Waals surface area contributed by atoms with Crippen molar-refractivity contribution in [2.24, 2.45) is 40.4 Å². The zero-order chi connectivity index (χ0) is 22.6. The van der Waals surface area contributed by atoms with Gasteiger partial charge in [-0.25, -0.2) is 4.98 Å². The number of Topliss-reactive ketones (excluding diaryl/α,β-unsaturated/α-hetero) is 1. The molecule has 0 spiro atoms. The van der Waals surface area contributed by atoms with Crippen LogP contribution in [0.4, 0.5) is 0 Å². The van der Waals surface area contributed by atoms with Crippen LogP contribution in [-0.2, 0) is 11.3 Å². The Morgan fingerprint density at radius 3 is 2.66 bits per heavy atom. The number of thioether (sulfide) groups is 1. The van der Waals surface area contributed by atoms with Crippen LogP contribution in [0.25, 0.3) is 0 Å². The summed E-state index contributed by atoms with van der Waals surface area (Å²) >= 11 is 1.86. The Labute approximate surface area is 198 Å². The molecule has 0 bridgehead atoms. The van der Waals surface area contributed by atoms with E-state index in [1.807, 2.05) is 22.5 Å². The summed E-state index contributed by atoms with van der Waals surface area (Å²) in [5.41, 5.74) is 0.131. The second-order valence-corrected chi connectivity index (χ2v) is 13.2. The molecule has 8 atom stereocenters. The van der Waals surface area contributed by atoms with Crippen molar-refractivity contribution in [2.45, 2.75) is 90.2 Å². The first-order valence-electron chi connectivity index (χ1n) is 13.0. The predicted octanol–water partition coefficient (Wildman–Crippen LogP) is 5.60. The van der Waals surface area contributed by atoms with Crippen molar-refractivity contribution in [3.8, 4) is 0 Å². The van der Waals surface area contributed by atoms with Crippen molar-refractivity contribution >= 4 is 17.5 Å². The van der Waals surface area contributed by atoms with Gasteiger partial charge in [0.15, 0.2) is 5.78 Å². The fourth-order valence-corrected chi connectivity index (χ4v) is 9.62. The largest absolute Gasteiger partial charge is 0.390 e. The molecule has 3 unspecified atom stereocenters. The van der Waals surface area contributed by atoms with Gasteiger partial charge in [-0.15, -0.1) is 0 Å². The topological polar surface area (TPSA) is 55.1 Å². The third kappa shape index (κ3) is 3.70. The highest BCUT2D eigenvalue weighted by Crippen LogP contribution is 2.68. The Morgan fingerprint density at radius 2 is 1.91 bits per heavy atom. The van der Waals surface area contributed by atoms with E-state index in [2.05, 4.69) is 25.1 Å². The summed E-state index contributed by atoms with van der Waals surface area (Å²) in [5, 5.41) is 11.3. The number of hydrogen-bond donors (Lipinski definition) is 1. The van der Waals surface area contributed by atoms with E-state index in [1.54, 1.807) is 12.5 Å². The molecule has 4 fully saturated rings. The Balaban J connectivity index is 1.31. The number of hydrogen-bond acceptors (Lipinski definition) is 4. The average Bonchev–Trinajstić information content (AvgIpc) is 3.40. The maximum atomic E-state index is 13.3. The van der Waals surface area contributed by atoms with Crippen molar-refractivity contribution in [3.63, 3.8) is 0 Å². The van der Waals surface area contributed by atoms with Crippen LogP contribution in [0.2, 0.25) is 0 Å². The standard InChI is InChI=1S/C27H42N2O2S/c1-25-10-11-27(31,12-15-32-3)16-19(25)4-5-20-21-6-7-23(26(21,2)9-8-22(20)25)24(30)17-29-14-13-28-18-29/h13-14,18-23,31H,4-12,15-17H2,1-3H3/t19-,20?,21?,22?,23+,25-,26-,27-/m0/s1. The summed E-state index contributed by atoms with van der Waals surface area (Å²) in [6, 6.07) is 0. The third-order valence-electron chi connectivity index (χ3n) is 10.9. The van der Waals surface area contributed by atoms with Crippen LogP contribution in [-0.4, -0.2) is 38.1 Å². The van der Waals surface area contributed by atoms with Gasteiger partial charge in [0.25, 0.3) is 0 Å². The molecular weight excluding hydrogens is 416 g/mol. The van der Waals surface area contributed by atoms with Gasteiger partial charge in [-0.3, -0.25) is 4.79 Å². The summed E-state index contributed by atoms with van der Waals surface area (Å²) < 4.78 is 1.94. The van der Waals surface area contributed by atoms with Crippen LogP contribution in [0.15, 0.2) is 18.7 Å². The van der Waals surface area contributed by atoms with Crippen LogP contribution in [0.3, 0.4) is 0 Å². The van der Waals surface area contributed by atoms with Crippen LogP contribution in [0, 0.1) is 40.4 Å². The highest BCUT2D eigenvalue weighted by atomic mass is 32.2. The van der Waals surface area contributed by atoms with E-state index in [-0.39, 0.29) is 11.3 Å². The van der Waals surface area contributed by atoms with E-state index in [4.69, 9.17) is 0 Å². The van der Waals surface area contributed by atoms with Crippen LogP contribution in [0.1, 0.15) is 78.1 Å². The normalized spacial score (nSPS) is 45.7. The smallest absolute Gasteiger partial charge is 0.156 e. The number of aliphatic hydroxyl groups is 1. The number of carbonyl (C=O) groups excluding carboxylic acids is 1. The lowest BCUT2D eigenvalue weighted by molar-refractivity contribution is -0.154. The van der Waals surface area contributed by atoms with Crippen LogP contribution < -0.4 is 0 Å². The van der Waals surface area contributed by atoms with E-state index in [0.29, 0.717) is 29.6 Å². The van der Waals surface area contributed by atoms with Gasteiger partial charge in [-0.2, -0.15) is 11.8 Å². The molecule has 5 rings (SSSR count). The van der Waals surface area contributed by atoms with Gasteiger partial charge in [0, 0.05) is 18.3 Å². The van der Waals surface area contributed by atoms with E-state index in [1.165, 1.54) is 38.5 Å². The Kier molecular flexibility index (Phi) is 6.06. The lowest BCUT2D eigenvalue weighted by atomic mass is 9.43. The predicted molar refractivity (Wildman–Crippen MR) is 130 cm³/mol. The van der Waals surface area contributed by atoms with Gasteiger partial charge in [0.05, 0.1) is 18.5 Å². The van der Waals surface area contributed by atoms with Crippen molar-refractivity contribution in [2.75, 3.05) is 12.0 Å². The summed E-state index contributed by atoms with van der Waals surface area (Å²) in [7, 11) is 0. The average molecular weight is 459 g/mol. The first-order valence-corrected chi connectivity index (χ1v) is 14.4. The van der Waals surface area contributed by atoms with E-state index in [0.717, 1.165) is 43.3 Å². The van der Waals surface area contributed by atoms with Gasteiger partial charge in [-0.05, 0) is 111 Å². The molecular formula is C27H42N2O2S. The van der Waals surface area contributed by atoms with Crippen molar-refractivity contribution in [1.29, 1.82) is 0 Å². The summed E-state index contributed by atoms with van der Waals surface area (Å²) in [5.74, 6) is 4.64. The molecule has 178 valence electrons. The monoisotopic (exact) mass is 458 g/mol. The zero-order valence-corrected chi connectivity index (χ0v) is 21.1. The molecule has 0 aliphatic heterocycles. The summed E-state index contributed by atoms with van der Waals surface area (Å²) in [6.07, 6.45) is 19.1. The quantitative estimate of drug-likeness (QED) is 0.603. The van der Waals surface area contributed by atoms with E-state index in [9.17, 15) is 9.90 Å². The molecule has 4 nitrogen and oxygen atoms in total. The Bertz CT molecular complexity index is 828. The molecule has 1 aromatic heterocycles. The number of aromatic nitrogens is 2. The SMILES string of the molecule is CSCC[C@@]1(O)CC[C@]2(C)C3CC[C@@]4(C)C(CC[C@@H]4C(=O)Cn4ccnc4)C3CC[C@H]2C1. The Morgan fingerprint density at radius 1 is 1.09 bits per heavy atom. The number of carbonyl (C=O) groups is 1. The van der Waals surface area contributed by atoms with Crippen molar-refractivity contribution in [3.05, 3.63) is 18.7 Å². The van der Waals surface area contributed by atoms with E-state index < -0.39 is 5.60 Å². The van der Waals surface area contributed by atoms with Gasteiger partial charge in [-0.1, -0.05) is 13.8 Å². The number of ketones is 1. The van der Waals surface area contributed by atoms with Crippen LogP contribution in [0.5, 0.6) is 0 Å².